The van der Waals surface area contributed by atoms with Crippen LogP contribution in [0.15, 0.2) is 60.7 Å². The second-order valence-electron chi connectivity index (χ2n) is 9.21. The van der Waals surface area contributed by atoms with Crippen LogP contribution in [0, 0.1) is 17.3 Å². The van der Waals surface area contributed by atoms with E-state index in [1.807, 2.05) is 13.8 Å². The van der Waals surface area contributed by atoms with E-state index >= 15 is 0 Å². The van der Waals surface area contributed by atoms with Crippen LogP contribution in [0.1, 0.15) is 45.7 Å². The highest BCUT2D eigenvalue weighted by molar-refractivity contribution is 5.21. The van der Waals surface area contributed by atoms with Crippen molar-refractivity contribution in [3.05, 3.63) is 71.8 Å². The summed E-state index contributed by atoms with van der Waals surface area (Å²) in [6, 6.07) is 21.1. The van der Waals surface area contributed by atoms with Gasteiger partial charge in [0.05, 0.1) is 6.61 Å². The van der Waals surface area contributed by atoms with E-state index in [2.05, 4.69) is 98.2 Å². The topological polar surface area (TPSA) is 21.7 Å². The highest BCUT2D eigenvalue weighted by atomic mass is 16.7. The Labute approximate surface area is 176 Å². The smallest absolute Gasteiger partial charge is 0.163 e. The molecule has 1 aliphatic rings. The molecule has 2 aromatic carbocycles. The minimum Gasteiger partial charge on any atom is -0.348 e. The SMILES string of the molecule is CC(C)(C)C#C[C@H]([C@H]1COC(C)(C)O1)N(Cc1ccccc1)Cc1ccccc1. The Hall–Kier alpha value is -2.12. The summed E-state index contributed by atoms with van der Waals surface area (Å²) >= 11 is 0. The van der Waals surface area contributed by atoms with Crippen molar-refractivity contribution in [1.29, 1.82) is 0 Å². The van der Waals surface area contributed by atoms with E-state index in [1.165, 1.54) is 11.1 Å². The van der Waals surface area contributed by atoms with Crippen molar-refractivity contribution in [1.82, 2.24) is 4.90 Å². The molecule has 29 heavy (non-hydrogen) atoms. The van der Waals surface area contributed by atoms with Crippen LogP contribution in [0.3, 0.4) is 0 Å². The predicted molar refractivity (Wildman–Crippen MR) is 118 cm³/mol. The van der Waals surface area contributed by atoms with Gasteiger partial charge in [-0.15, -0.1) is 0 Å². The molecule has 0 saturated carbocycles. The van der Waals surface area contributed by atoms with Gasteiger partial charge in [-0.25, -0.2) is 0 Å². The summed E-state index contributed by atoms with van der Waals surface area (Å²) in [6.07, 6.45) is -0.0905. The van der Waals surface area contributed by atoms with E-state index in [0.717, 1.165) is 13.1 Å². The van der Waals surface area contributed by atoms with E-state index in [4.69, 9.17) is 9.47 Å². The van der Waals surface area contributed by atoms with Gasteiger partial charge in [-0.3, -0.25) is 4.90 Å². The van der Waals surface area contributed by atoms with Crippen molar-refractivity contribution in [3.63, 3.8) is 0 Å². The van der Waals surface area contributed by atoms with E-state index in [-0.39, 0.29) is 17.6 Å². The van der Waals surface area contributed by atoms with Gasteiger partial charge in [0.15, 0.2) is 5.79 Å². The Morgan fingerprint density at radius 2 is 1.48 bits per heavy atom. The normalized spacial score (nSPS) is 19.6. The van der Waals surface area contributed by atoms with Gasteiger partial charge >= 0.3 is 0 Å². The summed E-state index contributed by atoms with van der Waals surface area (Å²) in [4.78, 5) is 2.42. The van der Waals surface area contributed by atoms with Gasteiger partial charge in [0.25, 0.3) is 0 Å². The van der Waals surface area contributed by atoms with E-state index in [1.54, 1.807) is 0 Å². The Balaban J connectivity index is 1.94. The highest BCUT2D eigenvalue weighted by Crippen LogP contribution is 2.28. The Bertz CT molecular complexity index is 786. The van der Waals surface area contributed by atoms with Gasteiger partial charge in [0, 0.05) is 18.5 Å². The van der Waals surface area contributed by atoms with Crippen molar-refractivity contribution in [2.75, 3.05) is 6.61 Å². The summed E-state index contributed by atoms with van der Waals surface area (Å²) in [7, 11) is 0. The minimum absolute atomic E-state index is 0.0589. The van der Waals surface area contributed by atoms with Crippen LogP contribution in [0.25, 0.3) is 0 Å². The van der Waals surface area contributed by atoms with Crippen LogP contribution in [-0.2, 0) is 22.6 Å². The van der Waals surface area contributed by atoms with Crippen LogP contribution >= 0.6 is 0 Å². The summed E-state index contributed by atoms with van der Waals surface area (Å²) in [5.41, 5.74) is 2.46. The molecule has 0 amide bonds. The maximum atomic E-state index is 6.27. The van der Waals surface area contributed by atoms with Crippen LogP contribution in [0.2, 0.25) is 0 Å². The zero-order chi connectivity index (χ0) is 20.9. The Morgan fingerprint density at radius 3 is 1.90 bits per heavy atom. The molecule has 0 aromatic heterocycles. The summed E-state index contributed by atoms with van der Waals surface area (Å²) < 4.78 is 12.2. The molecule has 0 bridgehead atoms. The maximum absolute atomic E-state index is 6.27. The van der Waals surface area contributed by atoms with Gasteiger partial charge in [-0.1, -0.05) is 72.5 Å². The first-order valence-corrected chi connectivity index (χ1v) is 10.4. The van der Waals surface area contributed by atoms with Crippen LogP contribution < -0.4 is 0 Å². The molecule has 1 saturated heterocycles. The molecule has 0 N–H and O–H groups in total. The standard InChI is InChI=1S/C26H33NO2/c1-25(2,3)17-16-23(24-20-28-26(4,5)29-24)27(18-21-12-8-6-9-13-21)19-22-14-10-7-11-15-22/h6-15,23-24H,18-20H2,1-5H3/t23-,24-/m1/s1. The first-order chi connectivity index (χ1) is 13.7. The molecular formula is C26H33NO2. The largest absolute Gasteiger partial charge is 0.348 e. The van der Waals surface area contributed by atoms with Crippen molar-refractivity contribution in [2.45, 2.75) is 65.6 Å². The zero-order valence-electron chi connectivity index (χ0n) is 18.3. The lowest BCUT2D eigenvalue weighted by Crippen LogP contribution is -2.44. The lowest BCUT2D eigenvalue weighted by Gasteiger charge is -2.32. The predicted octanol–water partition coefficient (Wildman–Crippen LogP) is 5.26. The first kappa shape index (κ1) is 21.6. The second kappa shape index (κ2) is 9.13. The second-order valence-corrected chi connectivity index (χ2v) is 9.21. The average Bonchev–Trinajstić information content (AvgIpc) is 3.02. The van der Waals surface area contributed by atoms with Gasteiger partial charge < -0.3 is 9.47 Å². The molecule has 3 rings (SSSR count). The monoisotopic (exact) mass is 391 g/mol. The Kier molecular flexibility index (Phi) is 6.80. The lowest BCUT2D eigenvalue weighted by molar-refractivity contribution is -0.144. The third-order valence-corrected chi connectivity index (χ3v) is 4.83. The lowest BCUT2D eigenvalue weighted by atomic mass is 9.96. The van der Waals surface area contributed by atoms with E-state index < -0.39 is 5.79 Å². The number of hydrogen-bond acceptors (Lipinski definition) is 3. The fourth-order valence-electron chi connectivity index (χ4n) is 3.47. The molecule has 2 atom stereocenters. The minimum atomic E-state index is -0.572. The van der Waals surface area contributed by atoms with Crippen molar-refractivity contribution >= 4 is 0 Å². The maximum Gasteiger partial charge on any atom is 0.163 e. The average molecular weight is 392 g/mol. The molecule has 1 aliphatic heterocycles. The third-order valence-electron chi connectivity index (χ3n) is 4.83. The molecule has 3 nitrogen and oxygen atoms in total. The molecule has 0 aliphatic carbocycles. The van der Waals surface area contributed by atoms with Gasteiger partial charge in [0.1, 0.15) is 12.1 Å². The molecule has 1 heterocycles. The van der Waals surface area contributed by atoms with Crippen molar-refractivity contribution in [2.24, 2.45) is 5.41 Å². The third kappa shape index (κ3) is 6.72. The summed E-state index contributed by atoms with van der Waals surface area (Å²) in [6.45, 7) is 12.5. The molecule has 1 fully saturated rings. The van der Waals surface area contributed by atoms with Crippen LogP contribution in [-0.4, -0.2) is 29.4 Å². The molecule has 0 radical (unpaired) electrons. The van der Waals surface area contributed by atoms with Crippen LogP contribution in [0.5, 0.6) is 0 Å². The number of hydrogen-bond donors (Lipinski definition) is 0. The van der Waals surface area contributed by atoms with E-state index in [9.17, 15) is 0 Å². The molecule has 3 heteroatoms. The van der Waals surface area contributed by atoms with Crippen molar-refractivity contribution in [3.8, 4) is 11.8 Å². The molecule has 2 aromatic rings. The number of nitrogens with zero attached hydrogens (tertiary/aromatic N) is 1. The van der Waals surface area contributed by atoms with Gasteiger partial charge in [-0.05, 0) is 45.7 Å². The fraction of sp³-hybridized carbons (Fsp3) is 0.462. The van der Waals surface area contributed by atoms with E-state index in [0.29, 0.717) is 6.61 Å². The van der Waals surface area contributed by atoms with Gasteiger partial charge in [-0.2, -0.15) is 0 Å². The molecular weight excluding hydrogens is 358 g/mol. The summed E-state index contributed by atoms with van der Waals surface area (Å²) in [5, 5.41) is 0. The molecule has 154 valence electrons. The molecule has 0 spiro atoms. The summed E-state index contributed by atoms with van der Waals surface area (Å²) in [5.74, 6) is 6.43. The first-order valence-electron chi connectivity index (χ1n) is 10.4. The zero-order valence-corrected chi connectivity index (χ0v) is 18.3. The fourth-order valence-corrected chi connectivity index (χ4v) is 3.47. The number of rotatable bonds is 6. The highest BCUT2D eigenvalue weighted by Gasteiger charge is 2.39. The number of benzene rings is 2. The quantitative estimate of drug-likeness (QED) is 0.627. The van der Waals surface area contributed by atoms with Gasteiger partial charge in [0.2, 0.25) is 0 Å². The van der Waals surface area contributed by atoms with Crippen LogP contribution in [0.4, 0.5) is 0 Å². The van der Waals surface area contributed by atoms with Crippen molar-refractivity contribution < 1.29 is 9.47 Å². The molecule has 0 unspecified atom stereocenters. The number of ether oxygens (including phenoxy) is 2. The Morgan fingerprint density at radius 1 is 0.966 bits per heavy atom.